The maximum Gasteiger partial charge on any atom is 0.433 e. The largest absolute Gasteiger partial charge is 0.490 e. The lowest BCUT2D eigenvalue weighted by molar-refractivity contribution is -0.141. The van der Waals surface area contributed by atoms with Crippen molar-refractivity contribution in [2.75, 3.05) is 26.3 Å². The quantitative estimate of drug-likeness (QED) is 0.742. The molecule has 0 amide bonds. The van der Waals surface area contributed by atoms with Gasteiger partial charge in [-0.25, -0.2) is 13.4 Å². The van der Waals surface area contributed by atoms with E-state index in [0.717, 1.165) is 6.07 Å². The second kappa shape index (κ2) is 7.38. The summed E-state index contributed by atoms with van der Waals surface area (Å²) < 4.78 is 81.3. The molecule has 0 radical (unpaired) electrons. The summed E-state index contributed by atoms with van der Waals surface area (Å²) in [4.78, 5) is 3.48. The summed E-state index contributed by atoms with van der Waals surface area (Å²) in [7, 11) is -3.79. The van der Waals surface area contributed by atoms with Gasteiger partial charge < -0.3 is 14.2 Å². The molecule has 11 heteroatoms. The highest BCUT2D eigenvalue weighted by atomic mass is 32.2. The van der Waals surface area contributed by atoms with Crippen LogP contribution < -0.4 is 14.2 Å². The topological polar surface area (TPSA) is 78.0 Å². The van der Waals surface area contributed by atoms with Gasteiger partial charge in [-0.2, -0.15) is 17.5 Å². The van der Waals surface area contributed by atoms with Crippen molar-refractivity contribution in [1.82, 2.24) is 9.29 Å². The number of hydrogen-bond acceptors (Lipinski definition) is 6. The summed E-state index contributed by atoms with van der Waals surface area (Å²) in [5.41, 5.74) is -1.06. The van der Waals surface area contributed by atoms with Crippen molar-refractivity contribution >= 4 is 10.0 Å². The summed E-state index contributed by atoms with van der Waals surface area (Å²) >= 11 is 0. The van der Waals surface area contributed by atoms with Crippen LogP contribution in [0.25, 0.3) is 0 Å². The first-order chi connectivity index (χ1) is 13.7. The third-order valence-corrected chi connectivity index (χ3v) is 6.30. The van der Waals surface area contributed by atoms with Gasteiger partial charge in [-0.3, -0.25) is 0 Å². The number of alkyl halides is 3. The van der Waals surface area contributed by atoms with Crippen molar-refractivity contribution in [3.8, 4) is 17.4 Å². The van der Waals surface area contributed by atoms with Gasteiger partial charge in [0.15, 0.2) is 11.5 Å². The second-order valence-corrected chi connectivity index (χ2v) is 8.52. The number of aromatic nitrogens is 1. The average Bonchev–Trinajstić information content (AvgIpc) is 2.88. The van der Waals surface area contributed by atoms with E-state index in [2.05, 4.69) is 4.98 Å². The fourth-order valence-electron chi connectivity index (χ4n) is 2.93. The van der Waals surface area contributed by atoms with Gasteiger partial charge in [0.2, 0.25) is 15.9 Å². The maximum atomic E-state index is 12.8. The van der Waals surface area contributed by atoms with Crippen LogP contribution in [-0.4, -0.2) is 50.1 Å². The van der Waals surface area contributed by atoms with E-state index in [4.69, 9.17) is 14.2 Å². The zero-order chi connectivity index (χ0) is 20.6. The first kappa shape index (κ1) is 19.8. The van der Waals surface area contributed by atoms with Crippen LogP contribution in [0.2, 0.25) is 0 Å². The molecule has 1 aromatic carbocycles. The molecule has 4 rings (SSSR count). The van der Waals surface area contributed by atoms with E-state index in [1.807, 2.05) is 0 Å². The Morgan fingerprint density at radius 1 is 1.07 bits per heavy atom. The highest BCUT2D eigenvalue weighted by Gasteiger charge is 2.39. The average molecular weight is 430 g/mol. The number of hydrogen-bond donors (Lipinski definition) is 0. The van der Waals surface area contributed by atoms with Crippen LogP contribution in [0.3, 0.4) is 0 Å². The van der Waals surface area contributed by atoms with Gasteiger partial charge in [0.25, 0.3) is 0 Å². The molecule has 0 aliphatic carbocycles. The van der Waals surface area contributed by atoms with Crippen LogP contribution >= 0.6 is 0 Å². The molecule has 0 saturated carbocycles. The summed E-state index contributed by atoms with van der Waals surface area (Å²) in [5, 5.41) is 0. The molecular weight excluding hydrogens is 413 g/mol. The SMILES string of the molecule is O=S(=O)(c1ccc2c(c1)OCCCO2)N1CC(Oc2cccc(C(F)(F)F)n2)C1. The van der Waals surface area contributed by atoms with Gasteiger partial charge in [-0.05, 0) is 18.2 Å². The molecule has 3 heterocycles. The smallest absolute Gasteiger partial charge is 0.433 e. The molecule has 0 atom stereocenters. The minimum Gasteiger partial charge on any atom is -0.490 e. The van der Waals surface area contributed by atoms with E-state index >= 15 is 0 Å². The molecule has 7 nitrogen and oxygen atoms in total. The van der Waals surface area contributed by atoms with Crippen LogP contribution in [0.5, 0.6) is 17.4 Å². The van der Waals surface area contributed by atoms with E-state index in [1.165, 1.54) is 28.6 Å². The molecule has 29 heavy (non-hydrogen) atoms. The number of benzene rings is 1. The Kier molecular flexibility index (Phi) is 5.03. The van der Waals surface area contributed by atoms with Crippen molar-refractivity contribution in [3.63, 3.8) is 0 Å². The first-order valence-corrected chi connectivity index (χ1v) is 10.3. The zero-order valence-corrected chi connectivity index (χ0v) is 15.9. The molecule has 0 spiro atoms. The van der Waals surface area contributed by atoms with Crippen LogP contribution in [-0.2, 0) is 16.2 Å². The van der Waals surface area contributed by atoms with Crippen molar-refractivity contribution in [2.24, 2.45) is 0 Å². The predicted molar refractivity (Wildman–Crippen MR) is 94.5 cm³/mol. The van der Waals surface area contributed by atoms with Gasteiger partial charge >= 0.3 is 6.18 Å². The second-order valence-electron chi connectivity index (χ2n) is 6.58. The highest BCUT2D eigenvalue weighted by molar-refractivity contribution is 7.89. The van der Waals surface area contributed by atoms with E-state index in [9.17, 15) is 21.6 Å². The maximum absolute atomic E-state index is 12.8. The van der Waals surface area contributed by atoms with E-state index in [-0.39, 0.29) is 23.9 Å². The van der Waals surface area contributed by atoms with Crippen LogP contribution in [0, 0.1) is 0 Å². The molecule has 156 valence electrons. The fraction of sp³-hybridized carbons (Fsp3) is 0.389. The summed E-state index contributed by atoms with van der Waals surface area (Å²) in [6, 6.07) is 7.73. The number of halogens is 3. The minimum atomic E-state index is -4.58. The van der Waals surface area contributed by atoms with Gasteiger partial charge in [-0.1, -0.05) is 6.07 Å². The summed E-state index contributed by atoms with van der Waals surface area (Å²) in [5.74, 6) is 0.657. The number of fused-ring (bicyclic) bond motifs is 1. The van der Waals surface area contributed by atoms with Crippen molar-refractivity contribution in [1.29, 1.82) is 0 Å². The van der Waals surface area contributed by atoms with Gasteiger partial charge in [-0.15, -0.1) is 0 Å². The highest BCUT2D eigenvalue weighted by Crippen LogP contribution is 2.34. The van der Waals surface area contributed by atoms with Gasteiger partial charge in [0.05, 0.1) is 31.2 Å². The molecule has 2 aliphatic rings. The third kappa shape index (κ3) is 4.10. The van der Waals surface area contributed by atoms with Crippen molar-refractivity contribution in [3.05, 3.63) is 42.1 Å². The lowest BCUT2D eigenvalue weighted by atomic mass is 10.2. The lowest BCUT2D eigenvalue weighted by Gasteiger charge is -2.37. The monoisotopic (exact) mass is 430 g/mol. The number of pyridine rings is 1. The molecule has 2 aliphatic heterocycles. The third-order valence-electron chi connectivity index (χ3n) is 4.47. The Morgan fingerprint density at radius 2 is 1.79 bits per heavy atom. The van der Waals surface area contributed by atoms with Gasteiger partial charge in [0.1, 0.15) is 11.8 Å². The molecule has 0 unspecified atom stereocenters. The molecule has 1 aromatic heterocycles. The molecular formula is C18H17F3N2O5S. The van der Waals surface area contributed by atoms with Crippen LogP contribution in [0.1, 0.15) is 12.1 Å². The zero-order valence-electron chi connectivity index (χ0n) is 15.1. The van der Waals surface area contributed by atoms with E-state index in [0.29, 0.717) is 31.1 Å². The normalized spacial score (nSPS) is 18.0. The van der Waals surface area contributed by atoms with Crippen molar-refractivity contribution < 1.29 is 35.8 Å². The lowest BCUT2D eigenvalue weighted by Crippen LogP contribution is -2.56. The van der Waals surface area contributed by atoms with E-state index < -0.39 is 28.0 Å². The number of nitrogens with zero attached hydrogens (tertiary/aromatic N) is 2. The summed E-state index contributed by atoms with van der Waals surface area (Å²) in [6.07, 6.45) is -4.46. The fourth-order valence-corrected chi connectivity index (χ4v) is 4.45. The molecule has 2 aromatic rings. The summed E-state index contributed by atoms with van der Waals surface area (Å²) in [6.45, 7) is 0.942. The molecule has 0 N–H and O–H groups in total. The number of ether oxygens (including phenoxy) is 3. The van der Waals surface area contributed by atoms with Crippen LogP contribution in [0.15, 0.2) is 41.3 Å². The Morgan fingerprint density at radius 3 is 2.52 bits per heavy atom. The molecule has 1 saturated heterocycles. The Hall–Kier alpha value is -2.53. The number of rotatable bonds is 4. The van der Waals surface area contributed by atoms with Gasteiger partial charge in [0, 0.05) is 18.6 Å². The Balaban J connectivity index is 1.42. The molecule has 0 bridgehead atoms. The Bertz CT molecular complexity index is 1010. The Labute approximate surface area is 165 Å². The molecule has 1 fully saturated rings. The van der Waals surface area contributed by atoms with E-state index in [1.54, 1.807) is 6.07 Å². The van der Waals surface area contributed by atoms with Crippen molar-refractivity contribution in [2.45, 2.75) is 23.6 Å². The number of sulfonamides is 1. The van der Waals surface area contributed by atoms with Crippen LogP contribution in [0.4, 0.5) is 13.2 Å². The standard InChI is InChI=1S/C18H17F3N2O5S/c19-18(20,21)16-3-1-4-17(22-16)28-12-10-23(11-12)29(24,25)13-5-6-14-15(9-13)27-8-2-7-26-14/h1,3-6,9,12H,2,7-8,10-11H2. The predicted octanol–water partition coefficient (Wildman–Crippen LogP) is 2.71. The minimum absolute atomic E-state index is 0.00863. The first-order valence-electron chi connectivity index (χ1n) is 8.84.